The number of rotatable bonds is 3. The maximum atomic E-state index is 13.7. The molecule has 4 rings (SSSR count). The topological polar surface area (TPSA) is 66.3 Å². The average Bonchev–Trinajstić information content (AvgIpc) is 3.22. The molecular formula is C22H26F3N3O2. The van der Waals surface area contributed by atoms with Gasteiger partial charge in [0.1, 0.15) is 0 Å². The fraction of sp³-hybridized carbons (Fsp3) is 0.591. The monoisotopic (exact) mass is 421 g/mol. The molecule has 1 aromatic heterocycles. The highest BCUT2D eigenvalue weighted by molar-refractivity contribution is 5.87. The van der Waals surface area contributed by atoms with Crippen molar-refractivity contribution in [2.75, 3.05) is 18.0 Å². The van der Waals surface area contributed by atoms with Crippen molar-refractivity contribution in [2.24, 2.45) is 29.1 Å². The molecule has 162 valence electrons. The number of carbonyl (C=O) groups is 1. The summed E-state index contributed by atoms with van der Waals surface area (Å²) < 4.78 is 41.0. The number of aromatic carboxylic acids is 1. The molecule has 30 heavy (non-hydrogen) atoms. The Morgan fingerprint density at radius 1 is 1.17 bits per heavy atom. The largest absolute Gasteiger partial charge is 0.476 e. The van der Waals surface area contributed by atoms with E-state index in [-0.39, 0.29) is 23.4 Å². The van der Waals surface area contributed by atoms with Gasteiger partial charge in [-0.1, -0.05) is 31.2 Å². The van der Waals surface area contributed by atoms with Crippen LogP contribution >= 0.6 is 0 Å². The Balaban J connectivity index is 1.52. The number of carboxylic acid groups (broad SMARTS) is 1. The van der Waals surface area contributed by atoms with Gasteiger partial charge in [0, 0.05) is 29.8 Å². The molecule has 1 saturated carbocycles. The van der Waals surface area contributed by atoms with Gasteiger partial charge in [0.05, 0.1) is 5.92 Å². The average molecular weight is 421 g/mol. The minimum Gasteiger partial charge on any atom is -0.476 e. The van der Waals surface area contributed by atoms with Crippen molar-refractivity contribution in [1.82, 2.24) is 9.97 Å². The summed E-state index contributed by atoms with van der Waals surface area (Å²) in [6.45, 7) is 6.49. The molecule has 1 saturated heterocycles. The molecule has 2 aliphatic carbocycles. The van der Waals surface area contributed by atoms with Gasteiger partial charge in [-0.2, -0.15) is 13.2 Å². The number of aromatic nitrogens is 2. The van der Waals surface area contributed by atoms with E-state index in [0.717, 1.165) is 12.8 Å². The van der Waals surface area contributed by atoms with Crippen LogP contribution in [0.25, 0.3) is 0 Å². The van der Waals surface area contributed by atoms with Gasteiger partial charge in [0.25, 0.3) is 0 Å². The molecule has 2 unspecified atom stereocenters. The van der Waals surface area contributed by atoms with Crippen LogP contribution in [0, 0.1) is 42.9 Å². The van der Waals surface area contributed by atoms with E-state index < -0.39 is 23.5 Å². The van der Waals surface area contributed by atoms with Gasteiger partial charge in [0.2, 0.25) is 5.95 Å². The molecule has 8 heteroatoms. The van der Waals surface area contributed by atoms with Gasteiger partial charge < -0.3 is 10.0 Å². The third-order valence-electron chi connectivity index (χ3n) is 7.39. The molecule has 5 nitrogen and oxygen atoms in total. The SMILES string of the molecule is Cc1nc(N2C[C@H]3C[C@@H](C4(C)C=CC=CC4C(F)(F)F)C[C@H]3C2)nc(C(=O)O)c1C. The van der Waals surface area contributed by atoms with Crippen LogP contribution in [0.5, 0.6) is 0 Å². The smallest absolute Gasteiger partial charge is 0.395 e. The standard InChI is InChI=1S/C22H26F3N3O2/c1-12-13(2)26-20(27-18(12)19(29)30)28-10-14-8-16(9-15(14)11-28)21(3)7-5-4-6-17(21)22(23,24)25/h4-7,14-17H,8-11H2,1-3H3,(H,29,30)/t14-,15+,16-,17?,21?. The molecule has 1 aliphatic heterocycles. The van der Waals surface area contributed by atoms with Crippen molar-refractivity contribution < 1.29 is 23.1 Å². The van der Waals surface area contributed by atoms with Gasteiger partial charge in [-0.25, -0.2) is 14.8 Å². The Bertz CT molecular complexity index is 913. The number of allylic oxidation sites excluding steroid dienone is 4. The highest BCUT2D eigenvalue weighted by Gasteiger charge is 2.56. The zero-order valence-corrected chi connectivity index (χ0v) is 17.3. The van der Waals surface area contributed by atoms with E-state index in [0.29, 0.717) is 30.3 Å². The minimum atomic E-state index is -4.26. The van der Waals surface area contributed by atoms with E-state index in [1.807, 2.05) is 4.90 Å². The van der Waals surface area contributed by atoms with E-state index in [2.05, 4.69) is 9.97 Å². The first kappa shape index (κ1) is 20.9. The Hall–Kier alpha value is -2.38. The fourth-order valence-electron chi connectivity index (χ4n) is 5.54. The first-order valence-corrected chi connectivity index (χ1v) is 10.3. The summed E-state index contributed by atoms with van der Waals surface area (Å²) in [6, 6.07) is 0. The lowest BCUT2D eigenvalue weighted by atomic mass is 9.64. The third-order valence-corrected chi connectivity index (χ3v) is 7.39. The molecule has 3 aliphatic rings. The van der Waals surface area contributed by atoms with Crippen molar-refractivity contribution >= 4 is 11.9 Å². The third kappa shape index (κ3) is 3.40. The quantitative estimate of drug-likeness (QED) is 0.775. The molecule has 0 radical (unpaired) electrons. The zero-order chi connectivity index (χ0) is 21.8. The number of anilines is 1. The predicted octanol–water partition coefficient (Wildman–Crippen LogP) is 4.56. The maximum Gasteiger partial charge on any atom is 0.395 e. The number of fused-ring (bicyclic) bond motifs is 1. The minimum absolute atomic E-state index is 0.00657. The summed E-state index contributed by atoms with van der Waals surface area (Å²) in [5.41, 5.74) is 0.253. The second kappa shape index (κ2) is 7.10. The molecular weight excluding hydrogens is 395 g/mol. The van der Waals surface area contributed by atoms with E-state index in [1.54, 1.807) is 32.9 Å². The van der Waals surface area contributed by atoms with Gasteiger partial charge in [-0.15, -0.1) is 0 Å². The van der Waals surface area contributed by atoms with Gasteiger partial charge in [0.15, 0.2) is 5.69 Å². The molecule has 0 spiro atoms. The summed E-state index contributed by atoms with van der Waals surface area (Å²) in [5, 5.41) is 9.40. The van der Waals surface area contributed by atoms with Crippen LogP contribution in [-0.4, -0.2) is 40.3 Å². The van der Waals surface area contributed by atoms with Crippen molar-refractivity contribution in [3.8, 4) is 0 Å². The number of alkyl halides is 3. The fourth-order valence-corrected chi connectivity index (χ4v) is 5.54. The summed E-state index contributed by atoms with van der Waals surface area (Å²) in [7, 11) is 0. The lowest BCUT2D eigenvalue weighted by molar-refractivity contribution is -0.189. The van der Waals surface area contributed by atoms with E-state index in [1.165, 1.54) is 12.2 Å². The van der Waals surface area contributed by atoms with Crippen LogP contribution in [0.1, 0.15) is 41.5 Å². The number of carboxylic acids is 1. The second-order valence-electron chi connectivity index (χ2n) is 9.11. The van der Waals surface area contributed by atoms with Crippen molar-refractivity contribution in [3.63, 3.8) is 0 Å². The molecule has 1 aromatic rings. The first-order chi connectivity index (χ1) is 14.0. The Morgan fingerprint density at radius 2 is 1.80 bits per heavy atom. The number of nitrogens with zero attached hydrogens (tertiary/aromatic N) is 3. The van der Waals surface area contributed by atoms with Crippen LogP contribution in [0.2, 0.25) is 0 Å². The van der Waals surface area contributed by atoms with Crippen LogP contribution in [-0.2, 0) is 0 Å². The molecule has 0 aromatic carbocycles. The van der Waals surface area contributed by atoms with Crippen LogP contribution in [0.3, 0.4) is 0 Å². The highest BCUT2D eigenvalue weighted by atomic mass is 19.4. The Kier molecular flexibility index (Phi) is 4.94. The molecule has 0 bridgehead atoms. The van der Waals surface area contributed by atoms with Crippen LogP contribution in [0.15, 0.2) is 24.3 Å². The number of hydrogen-bond acceptors (Lipinski definition) is 4. The highest BCUT2D eigenvalue weighted by Crippen LogP contribution is 2.56. The Labute approximate surface area is 173 Å². The van der Waals surface area contributed by atoms with Crippen molar-refractivity contribution in [1.29, 1.82) is 0 Å². The van der Waals surface area contributed by atoms with E-state index in [4.69, 9.17) is 0 Å². The Morgan fingerprint density at radius 3 is 2.37 bits per heavy atom. The predicted molar refractivity (Wildman–Crippen MR) is 106 cm³/mol. The second-order valence-corrected chi connectivity index (χ2v) is 9.11. The number of hydrogen-bond donors (Lipinski definition) is 1. The number of aryl methyl sites for hydroxylation is 1. The van der Waals surface area contributed by atoms with Gasteiger partial charge >= 0.3 is 12.1 Å². The van der Waals surface area contributed by atoms with Crippen LogP contribution < -0.4 is 4.90 Å². The first-order valence-electron chi connectivity index (χ1n) is 10.3. The molecule has 5 atom stereocenters. The van der Waals surface area contributed by atoms with Crippen molar-refractivity contribution in [3.05, 3.63) is 41.3 Å². The molecule has 0 amide bonds. The summed E-state index contributed by atoms with van der Waals surface area (Å²) in [5.74, 6) is -1.66. The number of halogens is 3. The van der Waals surface area contributed by atoms with Crippen LogP contribution in [0.4, 0.5) is 19.1 Å². The van der Waals surface area contributed by atoms with Gasteiger partial charge in [-0.05, 0) is 44.4 Å². The maximum absolute atomic E-state index is 13.7. The summed E-state index contributed by atoms with van der Waals surface area (Å²) >= 11 is 0. The summed E-state index contributed by atoms with van der Waals surface area (Å²) in [6.07, 6.45) is 3.43. The lowest BCUT2D eigenvalue weighted by Crippen LogP contribution is -2.42. The normalized spacial score (nSPS) is 33.2. The van der Waals surface area contributed by atoms with E-state index >= 15 is 0 Å². The van der Waals surface area contributed by atoms with Crippen molar-refractivity contribution in [2.45, 2.75) is 39.8 Å². The van der Waals surface area contributed by atoms with Gasteiger partial charge in [-0.3, -0.25) is 0 Å². The lowest BCUT2D eigenvalue weighted by Gasteiger charge is -2.41. The molecule has 2 heterocycles. The molecule has 2 fully saturated rings. The zero-order valence-electron chi connectivity index (χ0n) is 17.3. The summed E-state index contributed by atoms with van der Waals surface area (Å²) in [4.78, 5) is 22.2. The molecule has 1 N–H and O–H groups in total. The van der Waals surface area contributed by atoms with E-state index in [9.17, 15) is 23.1 Å².